The minimum Gasteiger partial charge on any atom is -0.284 e. The van der Waals surface area contributed by atoms with Gasteiger partial charge in [0.2, 0.25) is 5.65 Å². The number of alkyl halides is 3. The Kier molecular flexibility index (Phi) is 1.92. The lowest BCUT2D eigenvalue weighted by atomic mass is 10.1. The van der Waals surface area contributed by atoms with Crippen LogP contribution in [0.15, 0.2) is 12.3 Å². The van der Waals surface area contributed by atoms with Gasteiger partial charge in [0.25, 0.3) is 5.78 Å². The van der Waals surface area contributed by atoms with Crippen LogP contribution in [0, 0.1) is 0 Å². The van der Waals surface area contributed by atoms with Crippen LogP contribution in [0.5, 0.6) is 0 Å². The molecule has 1 N–H and O–H groups in total. The standard InChI is InChI=1S/C7H3F3N4O/c8-7(9,10)5(15)3-1-2-11-6-4(3)12-14-13-6/h1-2H,(H,11,12,13,14). The van der Waals surface area contributed by atoms with E-state index in [1.54, 1.807) is 0 Å². The first-order valence-corrected chi connectivity index (χ1v) is 3.77. The second-order valence-electron chi connectivity index (χ2n) is 2.68. The minimum atomic E-state index is -4.92. The van der Waals surface area contributed by atoms with Crippen molar-refractivity contribution >= 4 is 16.9 Å². The van der Waals surface area contributed by atoms with Gasteiger partial charge in [0.15, 0.2) is 0 Å². The van der Waals surface area contributed by atoms with Crippen molar-refractivity contribution in [2.45, 2.75) is 6.18 Å². The van der Waals surface area contributed by atoms with Gasteiger partial charge in [-0.2, -0.15) is 23.5 Å². The molecular weight excluding hydrogens is 213 g/mol. The molecule has 0 bridgehead atoms. The maximum Gasteiger partial charge on any atom is 0.454 e. The van der Waals surface area contributed by atoms with Crippen molar-refractivity contribution in [3.05, 3.63) is 17.8 Å². The summed E-state index contributed by atoms with van der Waals surface area (Å²) in [5.41, 5.74) is -0.758. The third-order valence-electron chi connectivity index (χ3n) is 1.72. The van der Waals surface area contributed by atoms with E-state index in [4.69, 9.17) is 0 Å². The summed E-state index contributed by atoms with van der Waals surface area (Å²) in [5, 5.41) is 9.01. The maximum atomic E-state index is 12.1. The topological polar surface area (TPSA) is 71.5 Å². The number of hydrogen-bond donors (Lipinski definition) is 1. The summed E-state index contributed by atoms with van der Waals surface area (Å²) in [7, 11) is 0. The second kappa shape index (κ2) is 3.01. The average molecular weight is 216 g/mol. The summed E-state index contributed by atoms with van der Waals surface area (Å²) >= 11 is 0. The fraction of sp³-hybridized carbons (Fsp3) is 0.143. The Hall–Kier alpha value is -1.99. The lowest BCUT2D eigenvalue weighted by Crippen LogP contribution is -2.23. The summed E-state index contributed by atoms with van der Waals surface area (Å²) < 4.78 is 36.4. The van der Waals surface area contributed by atoms with Crippen molar-refractivity contribution in [2.75, 3.05) is 0 Å². The molecule has 0 fully saturated rings. The molecule has 2 aromatic heterocycles. The Morgan fingerprint density at radius 1 is 1.33 bits per heavy atom. The van der Waals surface area contributed by atoms with Gasteiger partial charge in [0.1, 0.15) is 5.52 Å². The highest BCUT2D eigenvalue weighted by molar-refractivity contribution is 6.07. The highest BCUT2D eigenvalue weighted by Crippen LogP contribution is 2.23. The fourth-order valence-corrected chi connectivity index (χ4v) is 1.09. The normalized spacial score (nSPS) is 11.9. The number of ketones is 1. The molecule has 0 saturated heterocycles. The maximum absolute atomic E-state index is 12.1. The first-order valence-electron chi connectivity index (χ1n) is 3.77. The summed E-state index contributed by atoms with van der Waals surface area (Å²) in [6.07, 6.45) is -3.85. The number of hydrogen-bond acceptors (Lipinski definition) is 4. The molecule has 8 heteroatoms. The number of nitrogens with zero attached hydrogens (tertiary/aromatic N) is 3. The van der Waals surface area contributed by atoms with Crippen LogP contribution in [-0.2, 0) is 0 Å². The molecule has 0 aliphatic rings. The molecule has 0 aromatic carbocycles. The van der Waals surface area contributed by atoms with E-state index in [2.05, 4.69) is 20.4 Å². The van der Waals surface area contributed by atoms with Gasteiger partial charge in [-0.1, -0.05) is 0 Å². The average Bonchev–Trinajstić information content (AvgIpc) is 2.62. The van der Waals surface area contributed by atoms with E-state index < -0.39 is 17.5 Å². The van der Waals surface area contributed by atoms with Gasteiger partial charge in [-0.3, -0.25) is 4.79 Å². The van der Waals surface area contributed by atoms with Crippen LogP contribution in [0.3, 0.4) is 0 Å². The number of aromatic amines is 1. The van der Waals surface area contributed by atoms with Gasteiger partial charge in [-0.05, 0) is 6.07 Å². The van der Waals surface area contributed by atoms with Crippen LogP contribution in [0.1, 0.15) is 10.4 Å². The molecule has 2 rings (SSSR count). The van der Waals surface area contributed by atoms with E-state index in [9.17, 15) is 18.0 Å². The van der Waals surface area contributed by atoms with E-state index in [-0.39, 0.29) is 11.2 Å². The molecule has 2 aromatic rings. The molecule has 0 spiro atoms. The Bertz CT molecular complexity index is 518. The number of halogens is 3. The number of H-pyrrole nitrogens is 1. The van der Waals surface area contributed by atoms with Gasteiger partial charge in [0.05, 0.1) is 5.56 Å². The second-order valence-corrected chi connectivity index (χ2v) is 2.68. The predicted octanol–water partition coefficient (Wildman–Crippen LogP) is 1.10. The smallest absolute Gasteiger partial charge is 0.284 e. The quantitative estimate of drug-likeness (QED) is 0.724. The minimum absolute atomic E-state index is 0.0231. The molecule has 5 nitrogen and oxygen atoms in total. The van der Waals surface area contributed by atoms with Crippen LogP contribution in [0.4, 0.5) is 13.2 Å². The third-order valence-corrected chi connectivity index (χ3v) is 1.72. The lowest BCUT2D eigenvalue weighted by Gasteiger charge is -2.04. The molecule has 78 valence electrons. The van der Waals surface area contributed by atoms with E-state index in [1.165, 1.54) is 0 Å². The number of rotatable bonds is 1. The Morgan fingerprint density at radius 3 is 2.73 bits per heavy atom. The Morgan fingerprint density at radius 2 is 2.07 bits per heavy atom. The summed E-state index contributed by atoms with van der Waals surface area (Å²) in [6.45, 7) is 0. The number of nitrogens with one attached hydrogen (secondary N) is 1. The molecule has 15 heavy (non-hydrogen) atoms. The zero-order valence-electron chi connectivity index (χ0n) is 7.04. The number of carbonyl (C=O) groups is 1. The molecule has 0 aliphatic carbocycles. The monoisotopic (exact) mass is 216 g/mol. The number of fused-ring (bicyclic) bond motifs is 1. The Labute approximate surface area is 80.3 Å². The summed E-state index contributed by atoms with van der Waals surface area (Å²) in [6, 6.07) is 0.959. The fourth-order valence-electron chi connectivity index (χ4n) is 1.09. The largest absolute Gasteiger partial charge is 0.454 e. The molecule has 2 heterocycles. The number of Topliss-reactive ketones (excluding diaryl/α,β-unsaturated/α-hetero) is 1. The summed E-state index contributed by atoms with van der Waals surface area (Å²) in [5.74, 6) is -1.95. The van der Waals surface area contributed by atoms with E-state index in [1.807, 2.05) is 0 Å². The van der Waals surface area contributed by atoms with Gasteiger partial charge in [-0.25, -0.2) is 4.98 Å². The van der Waals surface area contributed by atoms with Crippen molar-refractivity contribution in [3.63, 3.8) is 0 Å². The highest BCUT2D eigenvalue weighted by atomic mass is 19.4. The molecular formula is C7H3F3N4O. The molecule has 0 aliphatic heterocycles. The number of pyridine rings is 1. The van der Waals surface area contributed by atoms with Crippen LogP contribution in [0.2, 0.25) is 0 Å². The zero-order chi connectivity index (χ0) is 11.1. The Balaban J connectivity index is 2.62. The van der Waals surface area contributed by atoms with Crippen LogP contribution >= 0.6 is 0 Å². The van der Waals surface area contributed by atoms with Gasteiger partial charge in [-0.15, -0.1) is 5.10 Å². The molecule has 0 amide bonds. The third kappa shape index (κ3) is 1.53. The van der Waals surface area contributed by atoms with E-state index in [0.29, 0.717) is 0 Å². The summed E-state index contributed by atoms with van der Waals surface area (Å²) in [4.78, 5) is 14.6. The van der Waals surface area contributed by atoms with Crippen molar-refractivity contribution in [1.29, 1.82) is 0 Å². The van der Waals surface area contributed by atoms with E-state index >= 15 is 0 Å². The van der Waals surface area contributed by atoms with Gasteiger partial charge >= 0.3 is 6.18 Å². The van der Waals surface area contributed by atoms with Crippen molar-refractivity contribution in [2.24, 2.45) is 0 Å². The van der Waals surface area contributed by atoms with Crippen molar-refractivity contribution in [1.82, 2.24) is 20.4 Å². The lowest BCUT2D eigenvalue weighted by molar-refractivity contribution is -0.0884. The first-order chi connectivity index (χ1) is 7.00. The van der Waals surface area contributed by atoms with Gasteiger partial charge < -0.3 is 0 Å². The van der Waals surface area contributed by atoms with E-state index in [0.717, 1.165) is 12.3 Å². The molecule has 0 saturated carbocycles. The molecule has 0 radical (unpaired) electrons. The van der Waals surface area contributed by atoms with Crippen molar-refractivity contribution in [3.8, 4) is 0 Å². The molecule has 0 unspecified atom stereocenters. The predicted molar refractivity (Wildman–Crippen MR) is 42.1 cm³/mol. The van der Waals surface area contributed by atoms with Crippen LogP contribution in [0.25, 0.3) is 11.2 Å². The van der Waals surface area contributed by atoms with Crippen LogP contribution in [-0.4, -0.2) is 32.4 Å². The van der Waals surface area contributed by atoms with Gasteiger partial charge in [0, 0.05) is 6.20 Å². The highest BCUT2D eigenvalue weighted by Gasteiger charge is 2.40. The first kappa shape index (κ1) is 9.56. The number of carbonyl (C=O) groups excluding carboxylic acids is 1. The molecule has 0 atom stereocenters. The SMILES string of the molecule is O=C(c1ccnc2n[nH]nc12)C(F)(F)F. The van der Waals surface area contributed by atoms with Crippen LogP contribution < -0.4 is 0 Å². The zero-order valence-corrected chi connectivity index (χ0v) is 7.04. The van der Waals surface area contributed by atoms with Crippen molar-refractivity contribution < 1.29 is 18.0 Å². The number of aromatic nitrogens is 4.